The topological polar surface area (TPSA) is 18.5 Å². The molecule has 0 rings (SSSR count). The monoisotopic (exact) mass is 220 g/mol. The Labute approximate surface area is 88.5 Å². The van der Waals surface area contributed by atoms with Gasteiger partial charge in [-0.15, -0.1) is 0 Å². The van der Waals surface area contributed by atoms with Gasteiger partial charge in [-0.05, 0) is 27.7 Å². The van der Waals surface area contributed by atoms with Crippen LogP contribution in [0, 0.1) is 6.79 Å². The van der Waals surface area contributed by atoms with Gasteiger partial charge in [0.15, 0.2) is 0 Å². The summed E-state index contributed by atoms with van der Waals surface area (Å²) in [4.78, 5) is 0. The SMILES string of the molecule is CC(C)O[CH-]OC(C)C.[Y]. The van der Waals surface area contributed by atoms with Crippen molar-refractivity contribution in [3.05, 3.63) is 6.79 Å². The number of hydrogen-bond donors (Lipinski definition) is 0. The molecule has 0 aromatic carbocycles. The van der Waals surface area contributed by atoms with Gasteiger partial charge in [0.05, 0.1) is 0 Å². The van der Waals surface area contributed by atoms with Crippen molar-refractivity contribution in [1.29, 1.82) is 0 Å². The number of hydrogen-bond acceptors (Lipinski definition) is 2. The summed E-state index contributed by atoms with van der Waals surface area (Å²) < 4.78 is 10.0. The largest absolute Gasteiger partial charge is 0.523 e. The summed E-state index contributed by atoms with van der Waals surface area (Å²) in [6.45, 7) is 9.23. The maximum absolute atomic E-state index is 5.01. The minimum atomic E-state index is 0. The molecular weight excluding hydrogens is 205 g/mol. The van der Waals surface area contributed by atoms with E-state index in [4.69, 9.17) is 9.47 Å². The van der Waals surface area contributed by atoms with Crippen LogP contribution in [0.3, 0.4) is 0 Å². The van der Waals surface area contributed by atoms with Gasteiger partial charge in [0.1, 0.15) is 0 Å². The molecule has 59 valence electrons. The molecule has 0 fully saturated rings. The molecule has 0 N–H and O–H groups in total. The van der Waals surface area contributed by atoms with Crippen LogP contribution in [0.1, 0.15) is 27.7 Å². The molecule has 0 unspecified atom stereocenters. The molecule has 1 radical (unpaired) electrons. The predicted octanol–water partition coefficient (Wildman–Crippen LogP) is 1.95. The fourth-order valence-electron chi connectivity index (χ4n) is 0.254. The Kier molecular flexibility index (Phi) is 11.1. The van der Waals surface area contributed by atoms with Gasteiger partial charge in [-0.1, -0.05) is 6.79 Å². The Morgan fingerprint density at radius 3 is 1.40 bits per heavy atom. The Morgan fingerprint density at radius 1 is 0.900 bits per heavy atom. The minimum Gasteiger partial charge on any atom is -0.523 e. The van der Waals surface area contributed by atoms with E-state index in [1.165, 1.54) is 6.79 Å². The first-order valence-corrected chi connectivity index (χ1v) is 3.25. The van der Waals surface area contributed by atoms with E-state index >= 15 is 0 Å². The Hall–Kier alpha value is 1.02. The molecule has 2 nitrogen and oxygen atoms in total. The van der Waals surface area contributed by atoms with Crippen LogP contribution >= 0.6 is 0 Å². The first-order valence-electron chi connectivity index (χ1n) is 3.25. The van der Waals surface area contributed by atoms with Crippen molar-refractivity contribution in [3.63, 3.8) is 0 Å². The van der Waals surface area contributed by atoms with Crippen LogP contribution in [0.25, 0.3) is 0 Å². The maximum atomic E-state index is 5.01. The summed E-state index contributed by atoms with van der Waals surface area (Å²) in [6.07, 6.45) is 0.424. The summed E-state index contributed by atoms with van der Waals surface area (Å²) in [7, 11) is 0. The van der Waals surface area contributed by atoms with Crippen LogP contribution in [0.15, 0.2) is 0 Å². The van der Waals surface area contributed by atoms with Gasteiger partial charge < -0.3 is 9.47 Å². The summed E-state index contributed by atoms with van der Waals surface area (Å²) in [5.41, 5.74) is 0. The second kappa shape index (κ2) is 8.12. The maximum Gasteiger partial charge on any atom is 0.0191 e. The van der Waals surface area contributed by atoms with Crippen molar-refractivity contribution in [2.75, 3.05) is 0 Å². The van der Waals surface area contributed by atoms with Gasteiger partial charge in [-0.3, -0.25) is 0 Å². The van der Waals surface area contributed by atoms with Crippen LogP contribution in [0.5, 0.6) is 0 Å². The van der Waals surface area contributed by atoms with E-state index in [9.17, 15) is 0 Å². The molecule has 0 aromatic rings. The van der Waals surface area contributed by atoms with Crippen molar-refractivity contribution < 1.29 is 42.2 Å². The number of rotatable bonds is 4. The molecule has 0 saturated heterocycles. The molecule has 0 aliphatic carbocycles. The van der Waals surface area contributed by atoms with Gasteiger partial charge in [0.25, 0.3) is 0 Å². The Morgan fingerprint density at radius 2 is 1.20 bits per heavy atom. The van der Waals surface area contributed by atoms with Gasteiger partial charge >= 0.3 is 0 Å². The molecular formula is C7H15O2Y-. The summed E-state index contributed by atoms with van der Waals surface area (Å²) in [5, 5.41) is 0. The molecule has 0 atom stereocenters. The molecule has 0 amide bonds. The molecule has 0 aliphatic heterocycles. The van der Waals surface area contributed by atoms with Crippen molar-refractivity contribution >= 4 is 0 Å². The fraction of sp³-hybridized carbons (Fsp3) is 0.857. The molecule has 10 heavy (non-hydrogen) atoms. The van der Waals surface area contributed by atoms with E-state index in [-0.39, 0.29) is 44.9 Å². The second-order valence-electron chi connectivity index (χ2n) is 2.47. The van der Waals surface area contributed by atoms with Crippen molar-refractivity contribution in [2.45, 2.75) is 39.9 Å². The smallest absolute Gasteiger partial charge is 0.0191 e. The van der Waals surface area contributed by atoms with Gasteiger partial charge in [-0.2, -0.15) is 0 Å². The quantitative estimate of drug-likeness (QED) is 0.674. The van der Waals surface area contributed by atoms with Crippen molar-refractivity contribution in [2.24, 2.45) is 0 Å². The average Bonchev–Trinajstić information content (AvgIpc) is 1.63. The summed E-state index contributed by atoms with van der Waals surface area (Å²) in [5.74, 6) is 0. The molecule has 3 heteroatoms. The van der Waals surface area contributed by atoms with E-state index in [2.05, 4.69) is 0 Å². The first kappa shape index (κ1) is 13.6. The zero-order valence-electron chi connectivity index (χ0n) is 7.13. The molecule has 0 saturated carbocycles. The van der Waals surface area contributed by atoms with Crippen LogP contribution in [-0.2, 0) is 42.2 Å². The normalized spacial score (nSPS) is 10.2. The second-order valence-corrected chi connectivity index (χ2v) is 2.47. The van der Waals surface area contributed by atoms with E-state index in [1.54, 1.807) is 0 Å². The van der Waals surface area contributed by atoms with Gasteiger partial charge in [-0.25, -0.2) is 0 Å². The molecule has 0 aromatic heterocycles. The molecule has 0 heterocycles. The first-order chi connectivity index (χ1) is 4.13. The standard InChI is InChI=1S/C7H15O2.Y/c1-6(2)8-5-9-7(3)4;/h5-7H,1-4H3;/q-1;. The van der Waals surface area contributed by atoms with Crippen LogP contribution in [0.4, 0.5) is 0 Å². The predicted molar refractivity (Wildman–Crippen MR) is 36.7 cm³/mol. The molecule has 0 aliphatic rings. The van der Waals surface area contributed by atoms with Gasteiger partial charge in [0.2, 0.25) is 0 Å². The average molecular weight is 220 g/mol. The zero-order chi connectivity index (χ0) is 7.28. The third-order valence-corrected chi connectivity index (χ3v) is 0.655. The molecule has 0 bridgehead atoms. The molecule has 0 spiro atoms. The van der Waals surface area contributed by atoms with Crippen LogP contribution < -0.4 is 0 Å². The van der Waals surface area contributed by atoms with Crippen molar-refractivity contribution in [1.82, 2.24) is 0 Å². The van der Waals surface area contributed by atoms with Crippen molar-refractivity contribution in [3.8, 4) is 0 Å². The minimum absolute atomic E-state index is 0. The van der Waals surface area contributed by atoms with Crippen LogP contribution in [0.2, 0.25) is 0 Å². The van der Waals surface area contributed by atoms with Crippen LogP contribution in [-0.4, -0.2) is 12.2 Å². The van der Waals surface area contributed by atoms with Gasteiger partial charge in [0, 0.05) is 44.9 Å². The van der Waals surface area contributed by atoms with E-state index in [0.29, 0.717) is 0 Å². The third kappa shape index (κ3) is 11.8. The summed E-state index contributed by atoms with van der Waals surface area (Å²) >= 11 is 0. The fourth-order valence-corrected chi connectivity index (χ4v) is 0.254. The third-order valence-electron chi connectivity index (χ3n) is 0.655. The van der Waals surface area contributed by atoms with E-state index in [1.807, 2.05) is 27.7 Å². The zero-order valence-corrected chi connectivity index (χ0v) is 9.96. The Bertz CT molecular complexity index is 56.6. The van der Waals surface area contributed by atoms with E-state index in [0.717, 1.165) is 0 Å². The number of ether oxygens (including phenoxy) is 2. The summed E-state index contributed by atoms with van der Waals surface area (Å²) in [6, 6.07) is 0. The van der Waals surface area contributed by atoms with E-state index < -0.39 is 0 Å². The Balaban J connectivity index is 0.